The van der Waals surface area contributed by atoms with Crippen LogP contribution in [0.25, 0.3) is 0 Å². The van der Waals surface area contributed by atoms with Gasteiger partial charge in [0.05, 0.1) is 5.56 Å². The van der Waals surface area contributed by atoms with Crippen molar-refractivity contribution in [1.82, 2.24) is 0 Å². The first-order chi connectivity index (χ1) is 6.50. The summed E-state index contributed by atoms with van der Waals surface area (Å²) >= 11 is 0. The Hall–Kier alpha value is -1.38. The predicted octanol–water partition coefficient (Wildman–Crippen LogP) is 2.72. The van der Waals surface area contributed by atoms with E-state index in [1.54, 1.807) is 6.07 Å². The zero-order chi connectivity index (χ0) is 10.7. The third kappa shape index (κ3) is 2.55. The Labute approximate surface area is 82.4 Å². The molecule has 0 saturated carbocycles. The Morgan fingerprint density at radius 2 is 2.14 bits per heavy atom. The molecule has 0 amide bonds. The van der Waals surface area contributed by atoms with Crippen LogP contribution in [0.1, 0.15) is 29.8 Å². The van der Waals surface area contributed by atoms with E-state index >= 15 is 0 Å². The number of aromatic carboxylic acids is 1. The molecular formula is C11H13FO2. The van der Waals surface area contributed by atoms with Gasteiger partial charge in [-0.15, -0.1) is 0 Å². The minimum atomic E-state index is -1.10. The summed E-state index contributed by atoms with van der Waals surface area (Å²) in [5.74, 6) is -1.17. The van der Waals surface area contributed by atoms with Gasteiger partial charge in [0.15, 0.2) is 0 Å². The zero-order valence-corrected chi connectivity index (χ0v) is 8.25. The van der Waals surface area contributed by atoms with Crippen LogP contribution in [-0.2, 0) is 6.42 Å². The molecule has 14 heavy (non-hydrogen) atoms. The Balaban J connectivity index is 2.95. The molecule has 0 aliphatic carbocycles. The average Bonchev–Trinajstić information content (AvgIpc) is 2.07. The third-order valence-corrected chi connectivity index (χ3v) is 1.93. The normalized spacial score (nSPS) is 10.6. The molecule has 1 rings (SSSR count). The summed E-state index contributed by atoms with van der Waals surface area (Å²) in [6.45, 7) is 3.98. The lowest BCUT2D eigenvalue weighted by atomic mass is 10.0. The molecule has 1 aromatic carbocycles. The average molecular weight is 196 g/mol. The maximum atomic E-state index is 13.3. The standard InChI is InChI=1S/C11H13FO2/c1-7(2)5-8-3-4-9(11(13)14)6-10(8)12/h3-4,6-7H,5H2,1-2H3,(H,13,14). The molecule has 0 heterocycles. The molecule has 0 radical (unpaired) electrons. The van der Waals surface area contributed by atoms with Crippen molar-refractivity contribution in [3.05, 3.63) is 35.1 Å². The summed E-state index contributed by atoms with van der Waals surface area (Å²) in [6, 6.07) is 4.04. The molecule has 0 fully saturated rings. The molecule has 1 aromatic rings. The second kappa shape index (κ2) is 4.22. The Morgan fingerprint density at radius 1 is 1.50 bits per heavy atom. The van der Waals surface area contributed by atoms with E-state index in [1.165, 1.54) is 6.07 Å². The van der Waals surface area contributed by atoms with Crippen LogP contribution in [0.3, 0.4) is 0 Å². The van der Waals surface area contributed by atoms with Gasteiger partial charge in [0.2, 0.25) is 0 Å². The minimum absolute atomic E-state index is 0.00462. The summed E-state index contributed by atoms with van der Waals surface area (Å²) in [5, 5.41) is 8.62. The molecule has 0 atom stereocenters. The van der Waals surface area contributed by atoms with E-state index in [1.807, 2.05) is 13.8 Å². The summed E-state index contributed by atoms with van der Waals surface area (Å²) in [7, 11) is 0. The van der Waals surface area contributed by atoms with Crippen molar-refractivity contribution in [2.45, 2.75) is 20.3 Å². The first-order valence-electron chi connectivity index (χ1n) is 4.52. The molecule has 0 aliphatic heterocycles. The molecule has 0 unspecified atom stereocenters. The highest BCUT2D eigenvalue weighted by Crippen LogP contribution is 2.14. The van der Waals surface area contributed by atoms with Crippen molar-refractivity contribution in [2.75, 3.05) is 0 Å². The summed E-state index contributed by atoms with van der Waals surface area (Å²) in [6.07, 6.45) is 0.631. The maximum Gasteiger partial charge on any atom is 0.335 e. The Morgan fingerprint density at radius 3 is 2.57 bits per heavy atom. The monoisotopic (exact) mass is 196 g/mol. The van der Waals surface area contributed by atoms with Gasteiger partial charge in [-0.1, -0.05) is 19.9 Å². The van der Waals surface area contributed by atoms with Gasteiger partial charge in [0, 0.05) is 0 Å². The van der Waals surface area contributed by atoms with E-state index in [4.69, 9.17) is 5.11 Å². The number of carboxylic acid groups (broad SMARTS) is 1. The van der Waals surface area contributed by atoms with Crippen LogP contribution in [0.2, 0.25) is 0 Å². The molecule has 0 aromatic heterocycles. The van der Waals surface area contributed by atoms with Gasteiger partial charge >= 0.3 is 5.97 Å². The molecule has 0 bridgehead atoms. The van der Waals surface area contributed by atoms with E-state index in [-0.39, 0.29) is 5.56 Å². The number of halogens is 1. The molecule has 76 valence electrons. The first-order valence-corrected chi connectivity index (χ1v) is 4.52. The molecule has 0 aliphatic rings. The highest BCUT2D eigenvalue weighted by Gasteiger charge is 2.08. The van der Waals surface area contributed by atoms with Gasteiger partial charge < -0.3 is 5.11 Å². The summed E-state index contributed by atoms with van der Waals surface area (Å²) in [5.41, 5.74) is 0.569. The lowest BCUT2D eigenvalue weighted by Gasteiger charge is -2.06. The van der Waals surface area contributed by atoms with Crippen molar-refractivity contribution in [1.29, 1.82) is 0 Å². The van der Waals surface area contributed by atoms with Crippen molar-refractivity contribution in [2.24, 2.45) is 5.92 Å². The molecule has 0 spiro atoms. The minimum Gasteiger partial charge on any atom is -0.478 e. The van der Waals surface area contributed by atoms with Crippen LogP contribution < -0.4 is 0 Å². The molecule has 0 saturated heterocycles. The third-order valence-electron chi connectivity index (χ3n) is 1.93. The predicted molar refractivity (Wildman–Crippen MR) is 51.9 cm³/mol. The second-order valence-electron chi connectivity index (χ2n) is 3.71. The lowest BCUT2D eigenvalue weighted by molar-refractivity contribution is 0.0696. The van der Waals surface area contributed by atoms with Crippen molar-refractivity contribution in [3.63, 3.8) is 0 Å². The van der Waals surface area contributed by atoms with Crippen LogP contribution in [0.5, 0.6) is 0 Å². The van der Waals surface area contributed by atoms with E-state index in [9.17, 15) is 9.18 Å². The highest BCUT2D eigenvalue weighted by molar-refractivity contribution is 5.87. The smallest absolute Gasteiger partial charge is 0.335 e. The largest absolute Gasteiger partial charge is 0.478 e. The summed E-state index contributed by atoms with van der Waals surface area (Å²) in [4.78, 5) is 10.5. The van der Waals surface area contributed by atoms with Crippen molar-refractivity contribution >= 4 is 5.97 Å². The molecule has 3 heteroatoms. The van der Waals surface area contributed by atoms with Crippen molar-refractivity contribution in [3.8, 4) is 0 Å². The van der Waals surface area contributed by atoms with E-state index in [2.05, 4.69) is 0 Å². The van der Waals surface area contributed by atoms with Crippen LogP contribution in [0, 0.1) is 11.7 Å². The second-order valence-corrected chi connectivity index (χ2v) is 3.71. The van der Waals surface area contributed by atoms with E-state index in [0.717, 1.165) is 6.07 Å². The van der Waals surface area contributed by atoms with E-state index in [0.29, 0.717) is 17.9 Å². The lowest BCUT2D eigenvalue weighted by Crippen LogP contribution is -2.01. The Kier molecular flexibility index (Phi) is 3.23. The number of rotatable bonds is 3. The van der Waals surface area contributed by atoms with Crippen LogP contribution >= 0.6 is 0 Å². The van der Waals surface area contributed by atoms with Gasteiger partial charge in [-0.25, -0.2) is 9.18 Å². The van der Waals surface area contributed by atoms with Gasteiger partial charge in [-0.2, -0.15) is 0 Å². The Bertz CT molecular complexity index is 345. The van der Waals surface area contributed by atoms with Gasteiger partial charge in [0.25, 0.3) is 0 Å². The number of carbonyl (C=O) groups is 1. The number of benzene rings is 1. The fraction of sp³-hybridized carbons (Fsp3) is 0.364. The SMILES string of the molecule is CC(C)Cc1ccc(C(=O)O)cc1F. The fourth-order valence-electron chi connectivity index (χ4n) is 1.29. The topological polar surface area (TPSA) is 37.3 Å². The summed E-state index contributed by atoms with van der Waals surface area (Å²) < 4.78 is 13.3. The maximum absolute atomic E-state index is 13.3. The number of hydrogen-bond donors (Lipinski definition) is 1. The number of hydrogen-bond acceptors (Lipinski definition) is 1. The van der Waals surface area contributed by atoms with Gasteiger partial charge in [-0.3, -0.25) is 0 Å². The molecule has 1 N–H and O–H groups in total. The van der Waals surface area contributed by atoms with Crippen LogP contribution in [0.4, 0.5) is 4.39 Å². The zero-order valence-electron chi connectivity index (χ0n) is 8.25. The quantitative estimate of drug-likeness (QED) is 0.807. The van der Waals surface area contributed by atoms with Gasteiger partial charge in [-0.05, 0) is 30.0 Å². The van der Waals surface area contributed by atoms with E-state index < -0.39 is 11.8 Å². The number of carboxylic acids is 1. The van der Waals surface area contributed by atoms with Gasteiger partial charge in [0.1, 0.15) is 5.82 Å². The highest BCUT2D eigenvalue weighted by atomic mass is 19.1. The van der Waals surface area contributed by atoms with Crippen LogP contribution in [-0.4, -0.2) is 11.1 Å². The first kappa shape index (κ1) is 10.7. The molecule has 2 nitrogen and oxygen atoms in total. The fourth-order valence-corrected chi connectivity index (χ4v) is 1.29. The van der Waals surface area contributed by atoms with Crippen LogP contribution in [0.15, 0.2) is 18.2 Å². The van der Waals surface area contributed by atoms with Crippen molar-refractivity contribution < 1.29 is 14.3 Å². The molecular weight excluding hydrogens is 183 g/mol.